The number of aryl methyl sites for hydroxylation is 1. The molecule has 3 atom stereocenters. The quantitative estimate of drug-likeness (QED) is 0.920. The molecule has 0 heterocycles. The highest BCUT2D eigenvalue weighted by Crippen LogP contribution is 2.38. The summed E-state index contributed by atoms with van der Waals surface area (Å²) in [5.41, 5.74) is 8.84. The Bertz CT molecular complexity index is 486. The number of hydrogen-bond acceptors (Lipinski definition) is 2. The smallest absolute Gasteiger partial charge is 0.123 e. The van der Waals surface area contributed by atoms with Gasteiger partial charge < -0.3 is 10.6 Å². The average Bonchev–Trinajstić information content (AvgIpc) is 2.42. The number of halogens is 1. The van der Waals surface area contributed by atoms with Gasteiger partial charge >= 0.3 is 0 Å². The molecule has 118 valence electrons. The zero-order chi connectivity index (χ0) is 15.6. The molecule has 1 saturated carbocycles. The molecule has 0 aliphatic heterocycles. The van der Waals surface area contributed by atoms with Gasteiger partial charge in [-0.05, 0) is 69.5 Å². The number of hydrogen-bond donors (Lipinski definition) is 1. The van der Waals surface area contributed by atoms with E-state index in [0.29, 0.717) is 5.92 Å². The van der Waals surface area contributed by atoms with Crippen LogP contribution in [0.1, 0.15) is 43.7 Å². The molecule has 0 bridgehead atoms. The van der Waals surface area contributed by atoms with Gasteiger partial charge in [0.25, 0.3) is 0 Å². The molecule has 1 aromatic carbocycles. The summed E-state index contributed by atoms with van der Waals surface area (Å²) >= 11 is 0. The lowest BCUT2D eigenvalue weighted by Crippen LogP contribution is -2.60. The highest BCUT2D eigenvalue weighted by Gasteiger charge is 2.41. The summed E-state index contributed by atoms with van der Waals surface area (Å²) in [6, 6.07) is 5.05. The molecule has 3 unspecified atom stereocenters. The van der Waals surface area contributed by atoms with Crippen molar-refractivity contribution in [1.29, 1.82) is 0 Å². The molecule has 2 N–H and O–H groups in total. The lowest BCUT2D eigenvalue weighted by Gasteiger charge is -2.49. The minimum atomic E-state index is -0.168. The van der Waals surface area contributed by atoms with Gasteiger partial charge in [0, 0.05) is 11.6 Å². The van der Waals surface area contributed by atoms with Gasteiger partial charge in [-0.3, -0.25) is 0 Å². The van der Waals surface area contributed by atoms with Gasteiger partial charge in [0.15, 0.2) is 0 Å². The van der Waals surface area contributed by atoms with E-state index < -0.39 is 0 Å². The molecule has 1 aliphatic carbocycles. The number of nitrogens with two attached hydrogens (primary N) is 1. The van der Waals surface area contributed by atoms with Crippen LogP contribution in [-0.2, 0) is 6.42 Å². The Labute approximate surface area is 128 Å². The summed E-state index contributed by atoms with van der Waals surface area (Å²) in [6.07, 6.45) is 5.54. The predicted molar refractivity (Wildman–Crippen MR) is 86.9 cm³/mol. The van der Waals surface area contributed by atoms with Crippen LogP contribution in [0.3, 0.4) is 0 Å². The van der Waals surface area contributed by atoms with E-state index in [1.165, 1.54) is 18.9 Å². The Morgan fingerprint density at radius 1 is 1.43 bits per heavy atom. The maximum absolute atomic E-state index is 13.5. The topological polar surface area (TPSA) is 29.3 Å². The average molecular weight is 292 g/mol. The summed E-state index contributed by atoms with van der Waals surface area (Å²) in [7, 11) is 4.27. The maximum Gasteiger partial charge on any atom is 0.123 e. The molecular formula is C18H29FN2. The van der Waals surface area contributed by atoms with Crippen molar-refractivity contribution < 1.29 is 4.39 Å². The van der Waals surface area contributed by atoms with E-state index in [0.717, 1.165) is 30.4 Å². The number of nitrogens with zero attached hydrogens (tertiary/aromatic N) is 1. The third-order valence-electron chi connectivity index (χ3n) is 5.34. The van der Waals surface area contributed by atoms with Crippen molar-refractivity contribution in [3.8, 4) is 0 Å². The molecule has 2 nitrogen and oxygen atoms in total. The SMILES string of the molecule is Cc1ccc(F)cc1CC(N)C1(N(C)C)CCCC(C)C1. The van der Waals surface area contributed by atoms with Crippen molar-refractivity contribution in [3.63, 3.8) is 0 Å². The molecule has 2 rings (SSSR count). The normalized spacial score (nSPS) is 27.9. The molecule has 0 aromatic heterocycles. The third-order valence-corrected chi connectivity index (χ3v) is 5.34. The maximum atomic E-state index is 13.5. The van der Waals surface area contributed by atoms with Crippen LogP contribution in [0.15, 0.2) is 18.2 Å². The number of rotatable bonds is 4. The zero-order valence-electron chi connectivity index (χ0n) is 13.8. The highest BCUT2D eigenvalue weighted by atomic mass is 19.1. The summed E-state index contributed by atoms with van der Waals surface area (Å²) in [6.45, 7) is 4.35. The molecular weight excluding hydrogens is 263 g/mol. The Kier molecular flexibility index (Phi) is 5.05. The Morgan fingerprint density at radius 2 is 2.14 bits per heavy atom. The largest absolute Gasteiger partial charge is 0.326 e. The standard InChI is InChI=1S/C18H29FN2/c1-13-6-5-9-18(12-13,21(3)4)17(20)11-15-10-16(19)8-7-14(15)2/h7-8,10,13,17H,5-6,9,11-12,20H2,1-4H3. The summed E-state index contributed by atoms with van der Waals surface area (Å²) in [4.78, 5) is 2.31. The van der Waals surface area contributed by atoms with E-state index in [1.807, 2.05) is 13.0 Å². The van der Waals surface area contributed by atoms with Crippen molar-refractivity contribution >= 4 is 0 Å². The first kappa shape index (κ1) is 16.4. The second-order valence-corrected chi connectivity index (χ2v) is 7.08. The molecule has 21 heavy (non-hydrogen) atoms. The first-order valence-corrected chi connectivity index (χ1v) is 8.03. The summed E-state index contributed by atoms with van der Waals surface area (Å²) in [5.74, 6) is 0.541. The minimum absolute atomic E-state index is 0.0377. The first-order chi connectivity index (χ1) is 9.85. The van der Waals surface area contributed by atoms with E-state index in [4.69, 9.17) is 5.73 Å². The Morgan fingerprint density at radius 3 is 2.76 bits per heavy atom. The lowest BCUT2D eigenvalue weighted by molar-refractivity contribution is 0.0503. The van der Waals surface area contributed by atoms with Crippen molar-refractivity contribution in [2.75, 3.05) is 14.1 Å². The zero-order valence-corrected chi connectivity index (χ0v) is 13.8. The van der Waals surface area contributed by atoms with E-state index >= 15 is 0 Å². The molecule has 0 spiro atoms. The predicted octanol–water partition coefficient (Wildman–Crippen LogP) is 3.51. The van der Waals surface area contributed by atoms with Crippen LogP contribution >= 0.6 is 0 Å². The van der Waals surface area contributed by atoms with E-state index in [1.54, 1.807) is 6.07 Å². The molecule has 0 radical (unpaired) electrons. The summed E-state index contributed by atoms with van der Waals surface area (Å²) in [5, 5.41) is 0. The van der Waals surface area contributed by atoms with Gasteiger partial charge in [-0.1, -0.05) is 25.8 Å². The molecule has 1 aliphatic rings. The van der Waals surface area contributed by atoms with Crippen molar-refractivity contribution in [3.05, 3.63) is 35.1 Å². The highest BCUT2D eigenvalue weighted by molar-refractivity contribution is 5.28. The monoisotopic (exact) mass is 292 g/mol. The van der Waals surface area contributed by atoms with E-state index in [9.17, 15) is 4.39 Å². The van der Waals surface area contributed by atoms with Crippen molar-refractivity contribution in [2.45, 2.75) is 57.5 Å². The molecule has 3 heteroatoms. The van der Waals surface area contributed by atoms with Gasteiger partial charge in [0.1, 0.15) is 5.82 Å². The minimum Gasteiger partial charge on any atom is -0.326 e. The second-order valence-electron chi connectivity index (χ2n) is 7.08. The van der Waals surface area contributed by atoms with Gasteiger partial charge in [0.2, 0.25) is 0 Å². The van der Waals surface area contributed by atoms with Gasteiger partial charge in [-0.15, -0.1) is 0 Å². The first-order valence-electron chi connectivity index (χ1n) is 8.03. The number of likely N-dealkylation sites (N-methyl/N-ethyl adjacent to an activating group) is 1. The third kappa shape index (κ3) is 3.46. The van der Waals surface area contributed by atoms with Gasteiger partial charge in [-0.2, -0.15) is 0 Å². The van der Waals surface area contributed by atoms with Crippen molar-refractivity contribution in [1.82, 2.24) is 4.90 Å². The molecule has 1 fully saturated rings. The number of benzene rings is 1. The van der Waals surface area contributed by atoms with Crippen LogP contribution in [0.25, 0.3) is 0 Å². The fourth-order valence-corrected chi connectivity index (χ4v) is 3.93. The Hall–Kier alpha value is -0.930. The molecule has 0 amide bonds. The molecule has 1 aromatic rings. The van der Waals surface area contributed by atoms with Crippen molar-refractivity contribution in [2.24, 2.45) is 11.7 Å². The second kappa shape index (κ2) is 6.45. The Balaban J connectivity index is 2.23. The summed E-state index contributed by atoms with van der Waals surface area (Å²) < 4.78 is 13.5. The van der Waals surface area contributed by atoms with E-state index in [-0.39, 0.29) is 17.4 Å². The fourth-order valence-electron chi connectivity index (χ4n) is 3.93. The van der Waals surface area contributed by atoms with Crippen LogP contribution in [0.2, 0.25) is 0 Å². The van der Waals surface area contributed by atoms with Crippen LogP contribution in [0, 0.1) is 18.7 Å². The van der Waals surface area contributed by atoms with Crippen LogP contribution in [0.4, 0.5) is 4.39 Å². The van der Waals surface area contributed by atoms with Gasteiger partial charge in [-0.25, -0.2) is 4.39 Å². The van der Waals surface area contributed by atoms with Crippen LogP contribution < -0.4 is 5.73 Å². The lowest BCUT2D eigenvalue weighted by atomic mass is 9.70. The molecule has 0 saturated heterocycles. The van der Waals surface area contributed by atoms with Crippen LogP contribution in [0.5, 0.6) is 0 Å². The fraction of sp³-hybridized carbons (Fsp3) is 0.667. The van der Waals surface area contributed by atoms with E-state index in [2.05, 4.69) is 25.9 Å². The van der Waals surface area contributed by atoms with Crippen LogP contribution in [-0.4, -0.2) is 30.6 Å². The van der Waals surface area contributed by atoms with Gasteiger partial charge in [0.05, 0.1) is 0 Å².